The minimum atomic E-state index is -3.13. The summed E-state index contributed by atoms with van der Waals surface area (Å²) < 4.78 is 28.7. The Balaban J connectivity index is 1.68. The molecule has 2 aromatic rings. The van der Waals surface area contributed by atoms with Crippen LogP contribution in [0, 0.1) is 11.3 Å². The Morgan fingerprint density at radius 3 is 2.48 bits per heavy atom. The van der Waals surface area contributed by atoms with Gasteiger partial charge in [0, 0.05) is 22.4 Å². The lowest BCUT2D eigenvalue weighted by Gasteiger charge is -2.26. The first kappa shape index (κ1) is 22.8. The molecule has 1 fully saturated rings. The zero-order chi connectivity index (χ0) is 22.4. The summed E-state index contributed by atoms with van der Waals surface area (Å²) in [5.41, 5.74) is 0.787. The number of amides is 1. The van der Waals surface area contributed by atoms with E-state index >= 15 is 0 Å². The largest absolute Gasteiger partial charge is 0.452 e. The molecule has 0 saturated carbocycles. The normalized spacial score (nSPS) is 17.0. The van der Waals surface area contributed by atoms with Crippen LogP contribution in [0.3, 0.4) is 0 Å². The van der Waals surface area contributed by atoms with Crippen LogP contribution in [-0.2, 0) is 19.4 Å². The molecular weight excluding hydrogens is 436 g/mol. The van der Waals surface area contributed by atoms with Crippen molar-refractivity contribution in [2.45, 2.75) is 29.2 Å². The summed E-state index contributed by atoms with van der Waals surface area (Å²) in [6, 6.07) is 15.6. The van der Waals surface area contributed by atoms with Crippen molar-refractivity contribution in [2.24, 2.45) is 0 Å². The molecule has 3 rings (SSSR count). The van der Waals surface area contributed by atoms with E-state index in [1.807, 2.05) is 6.07 Å². The first-order valence-electron chi connectivity index (χ1n) is 9.77. The van der Waals surface area contributed by atoms with Gasteiger partial charge in [0.25, 0.3) is 5.91 Å². The maximum Gasteiger partial charge on any atom is 0.339 e. The van der Waals surface area contributed by atoms with E-state index in [1.165, 1.54) is 16.7 Å². The zero-order valence-electron chi connectivity index (χ0n) is 17.0. The quantitative estimate of drug-likeness (QED) is 0.588. The van der Waals surface area contributed by atoms with E-state index in [4.69, 9.17) is 4.74 Å². The molecule has 1 aliphatic rings. The van der Waals surface area contributed by atoms with Crippen LogP contribution in [0.15, 0.2) is 58.3 Å². The first-order chi connectivity index (χ1) is 14.8. The van der Waals surface area contributed by atoms with Gasteiger partial charge in [-0.05, 0) is 37.6 Å². The topological polar surface area (TPSA) is 105 Å². The number of sulfone groups is 1. The second kappa shape index (κ2) is 9.98. The van der Waals surface area contributed by atoms with E-state index in [0.717, 1.165) is 0 Å². The Kier molecular flexibility index (Phi) is 7.36. The number of ether oxygens (including phenoxy) is 1. The molecule has 0 aromatic heterocycles. The minimum Gasteiger partial charge on any atom is -0.452 e. The fourth-order valence-electron chi connectivity index (χ4n) is 3.44. The fourth-order valence-corrected chi connectivity index (χ4v) is 6.18. The van der Waals surface area contributed by atoms with E-state index in [0.29, 0.717) is 33.9 Å². The molecule has 1 aliphatic heterocycles. The summed E-state index contributed by atoms with van der Waals surface area (Å²) in [6.07, 6.45) is 0.396. The van der Waals surface area contributed by atoms with Gasteiger partial charge in [0.2, 0.25) is 0 Å². The molecule has 1 amide bonds. The van der Waals surface area contributed by atoms with E-state index in [-0.39, 0.29) is 17.5 Å². The Morgan fingerprint density at radius 1 is 1.16 bits per heavy atom. The number of nitriles is 1. The van der Waals surface area contributed by atoms with Gasteiger partial charge in [0.05, 0.1) is 22.6 Å². The number of hydrogen-bond acceptors (Lipinski definition) is 7. The lowest BCUT2D eigenvalue weighted by atomic mass is 10.2. The number of carbonyl (C=O) groups is 2. The van der Waals surface area contributed by atoms with Crippen molar-refractivity contribution >= 4 is 33.5 Å². The summed E-state index contributed by atoms with van der Waals surface area (Å²) in [7, 11) is -3.13. The van der Waals surface area contributed by atoms with Gasteiger partial charge in [-0.25, -0.2) is 13.2 Å². The maximum atomic E-state index is 12.7. The van der Waals surface area contributed by atoms with Crippen LogP contribution in [0.25, 0.3) is 0 Å². The van der Waals surface area contributed by atoms with E-state index in [1.54, 1.807) is 49.4 Å². The van der Waals surface area contributed by atoms with Crippen LogP contribution in [0.2, 0.25) is 0 Å². The molecule has 9 heteroatoms. The summed E-state index contributed by atoms with van der Waals surface area (Å²) >= 11 is 1.27. The first-order valence-corrected chi connectivity index (χ1v) is 12.4. The monoisotopic (exact) mass is 458 g/mol. The Hall–Kier alpha value is -2.83. The van der Waals surface area contributed by atoms with Gasteiger partial charge in [-0.1, -0.05) is 36.0 Å². The Labute approximate surface area is 185 Å². The number of nitrogens with zero attached hydrogens (tertiary/aromatic N) is 2. The molecule has 31 heavy (non-hydrogen) atoms. The third-order valence-electron chi connectivity index (χ3n) is 4.97. The summed E-state index contributed by atoms with van der Waals surface area (Å²) in [6.45, 7) is 1.65. The predicted molar refractivity (Wildman–Crippen MR) is 116 cm³/mol. The fraction of sp³-hybridized carbons (Fsp3) is 0.318. The van der Waals surface area contributed by atoms with Crippen molar-refractivity contribution in [1.82, 2.24) is 4.90 Å². The van der Waals surface area contributed by atoms with Gasteiger partial charge in [-0.3, -0.25) is 4.79 Å². The smallest absolute Gasteiger partial charge is 0.339 e. The highest BCUT2D eigenvalue weighted by molar-refractivity contribution is 7.99. The molecule has 162 valence electrons. The van der Waals surface area contributed by atoms with Crippen molar-refractivity contribution in [3.8, 4) is 6.07 Å². The molecule has 2 aromatic carbocycles. The van der Waals surface area contributed by atoms with Crippen LogP contribution >= 0.6 is 11.8 Å². The van der Waals surface area contributed by atoms with Gasteiger partial charge in [-0.2, -0.15) is 5.26 Å². The second-order valence-electron chi connectivity index (χ2n) is 7.02. The van der Waals surface area contributed by atoms with Gasteiger partial charge >= 0.3 is 5.97 Å². The molecular formula is C22H22N2O5S2. The van der Waals surface area contributed by atoms with Gasteiger partial charge in [0.1, 0.15) is 6.07 Å². The maximum absolute atomic E-state index is 12.7. The summed E-state index contributed by atoms with van der Waals surface area (Å²) in [4.78, 5) is 28.0. The van der Waals surface area contributed by atoms with Crippen LogP contribution in [0.1, 0.15) is 29.3 Å². The lowest BCUT2D eigenvalue weighted by molar-refractivity contribution is -0.136. The van der Waals surface area contributed by atoms with Crippen molar-refractivity contribution in [3.63, 3.8) is 0 Å². The summed E-state index contributed by atoms with van der Waals surface area (Å²) in [5.74, 6) is -1.06. The zero-order valence-corrected chi connectivity index (χ0v) is 18.6. The van der Waals surface area contributed by atoms with Crippen molar-refractivity contribution in [3.05, 3.63) is 59.7 Å². The Bertz CT molecular complexity index is 1120. The third kappa shape index (κ3) is 5.66. The summed E-state index contributed by atoms with van der Waals surface area (Å²) in [5, 5.41) is 9.28. The van der Waals surface area contributed by atoms with Crippen LogP contribution in [0.4, 0.5) is 0 Å². The average Bonchev–Trinajstić information content (AvgIpc) is 3.12. The molecule has 0 bridgehead atoms. The van der Waals surface area contributed by atoms with Gasteiger partial charge < -0.3 is 9.64 Å². The van der Waals surface area contributed by atoms with Crippen LogP contribution < -0.4 is 0 Å². The van der Waals surface area contributed by atoms with Gasteiger partial charge in [0.15, 0.2) is 16.4 Å². The number of likely N-dealkylation sites (N-methyl/N-ethyl adjacent to an activating group) is 1. The predicted octanol–water partition coefficient (Wildman–Crippen LogP) is 2.90. The van der Waals surface area contributed by atoms with Gasteiger partial charge in [-0.15, -0.1) is 0 Å². The molecule has 0 spiro atoms. The van der Waals surface area contributed by atoms with Crippen molar-refractivity contribution in [2.75, 3.05) is 24.7 Å². The average molecular weight is 459 g/mol. The molecule has 1 saturated heterocycles. The number of rotatable bonds is 7. The molecule has 1 heterocycles. The highest BCUT2D eigenvalue weighted by Crippen LogP contribution is 2.32. The van der Waals surface area contributed by atoms with E-state index in [9.17, 15) is 23.3 Å². The molecule has 0 unspecified atom stereocenters. The highest BCUT2D eigenvalue weighted by Gasteiger charge is 2.34. The molecule has 0 radical (unpaired) electrons. The highest BCUT2D eigenvalue weighted by atomic mass is 32.2. The van der Waals surface area contributed by atoms with Crippen LogP contribution in [-0.4, -0.2) is 55.9 Å². The van der Waals surface area contributed by atoms with Crippen LogP contribution in [0.5, 0.6) is 0 Å². The molecule has 7 nitrogen and oxygen atoms in total. The second-order valence-corrected chi connectivity index (χ2v) is 10.3. The minimum absolute atomic E-state index is 0.0572. The number of hydrogen-bond donors (Lipinski definition) is 0. The van der Waals surface area contributed by atoms with E-state index in [2.05, 4.69) is 6.07 Å². The number of carbonyl (C=O) groups excluding carboxylic acids is 2. The SMILES string of the molecule is CCN(C(=O)COC(=O)c1ccccc1Sc1ccccc1C#N)[C@@H]1CCS(=O)(=O)C1. The number of benzene rings is 2. The van der Waals surface area contributed by atoms with E-state index < -0.39 is 28.3 Å². The number of esters is 1. The molecule has 0 N–H and O–H groups in total. The standard InChI is InChI=1S/C22H22N2O5S2/c1-2-24(17-11-12-31(27,28)15-17)21(25)14-29-22(26)18-8-4-6-10-20(18)30-19-9-5-3-7-16(19)13-23/h3-10,17H,2,11-12,14-15H2,1H3/t17-/m1/s1. The third-order valence-corrected chi connectivity index (χ3v) is 7.87. The molecule has 1 atom stereocenters. The Morgan fingerprint density at radius 2 is 1.84 bits per heavy atom. The van der Waals surface area contributed by atoms with Crippen molar-refractivity contribution < 1.29 is 22.7 Å². The van der Waals surface area contributed by atoms with Crippen molar-refractivity contribution in [1.29, 1.82) is 5.26 Å². The lowest BCUT2D eigenvalue weighted by Crippen LogP contribution is -2.43. The molecule has 0 aliphatic carbocycles.